The fourth-order valence-electron chi connectivity index (χ4n) is 3.19. The molecule has 2 aromatic rings. The maximum Gasteiger partial charge on any atom is 0.201 e. The number of nitrogens with two attached hydrogens (primary N) is 1. The van der Waals surface area contributed by atoms with Crippen molar-refractivity contribution in [2.45, 2.75) is 43.9 Å². The molecule has 5 heteroatoms. The second kappa shape index (κ2) is 5.28. The smallest absolute Gasteiger partial charge is 0.201 e. The molecular weight excluding hydrogens is 273 g/mol. The molecule has 0 spiro atoms. The lowest BCUT2D eigenvalue weighted by Gasteiger charge is -2.30. The Morgan fingerprint density at radius 1 is 1.40 bits per heavy atom. The number of hydrogen-bond donors (Lipinski definition) is 1. The summed E-state index contributed by atoms with van der Waals surface area (Å²) in [6.07, 6.45) is 6.91. The van der Waals surface area contributed by atoms with Gasteiger partial charge in [0.2, 0.25) is 5.95 Å². The van der Waals surface area contributed by atoms with Crippen LogP contribution in [-0.4, -0.2) is 21.1 Å². The van der Waals surface area contributed by atoms with Crippen LogP contribution in [0.1, 0.15) is 37.3 Å². The Bertz CT molecular complexity index is 638. The number of hydrogen-bond acceptors (Lipinski definition) is 3. The first-order chi connectivity index (χ1) is 9.60. The summed E-state index contributed by atoms with van der Waals surface area (Å²) in [5, 5.41) is 0.687. The van der Waals surface area contributed by atoms with Crippen molar-refractivity contribution in [2.75, 3.05) is 12.0 Å². The predicted molar refractivity (Wildman–Crippen MR) is 83.6 cm³/mol. The summed E-state index contributed by atoms with van der Waals surface area (Å²) in [6.45, 7) is 1.79. The number of aromatic nitrogens is 2. The standard InChI is InChI=1S/C15H20FN3S/c1-9-6-14-13(8-12(9)16)18-15(17)19(14)10-4-3-5-11(7-10)20-2/h6,8,10-11H,3-5,7H2,1-2H3,(H2,17,18). The van der Waals surface area contributed by atoms with E-state index in [1.807, 2.05) is 17.8 Å². The zero-order valence-corrected chi connectivity index (χ0v) is 12.7. The van der Waals surface area contributed by atoms with Crippen LogP contribution in [0.4, 0.5) is 10.3 Å². The van der Waals surface area contributed by atoms with Crippen LogP contribution in [-0.2, 0) is 0 Å². The van der Waals surface area contributed by atoms with E-state index in [0.29, 0.717) is 28.3 Å². The van der Waals surface area contributed by atoms with Gasteiger partial charge in [0.1, 0.15) is 5.82 Å². The van der Waals surface area contributed by atoms with Gasteiger partial charge in [-0.15, -0.1) is 0 Å². The van der Waals surface area contributed by atoms with Crippen molar-refractivity contribution in [1.29, 1.82) is 0 Å². The first kappa shape index (κ1) is 13.7. The minimum atomic E-state index is -0.215. The molecule has 1 heterocycles. The van der Waals surface area contributed by atoms with Crippen LogP contribution in [0.15, 0.2) is 12.1 Å². The van der Waals surface area contributed by atoms with E-state index in [1.165, 1.54) is 18.9 Å². The Hall–Kier alpha value is -1.23. The molecule has 2 N–H and O–H groups in total. The molecule has 1 aromatic carbocycles. The van der Waals surface area contributed by atoms with Gasteiger partial charge in [-0.25, -0.2) is 9.37 Å². The fourth-order valence-corrected chi connectivity index (χ4v) is 4.01. The molecule has 0 saturated heterocycles. The molecule has 1 aromatic heterocycles. The van der Waals surface area contributed by atoms with Gasteiger partial charge in [0, 0.05) is 17.4 Å². The van der Waals surface area contributed by atoms with Crippen LogP contribution in [0.25, 0.3) is 11.0 Å². The van der Waals surface area contributed by atoms with Crippen molar-refractivity contribution in [3.8, 4) is 0 Å². The fraction of sp³-hybridized carbons (Fsp3) is 0.533. The minimum absolute atomic E-state index is 0.215. The molecule has 1 aliphatic carbocycles. The molecule has 1 fully saturated rings. The molecule has 2 unspecified atom stereocenters. The molecule has 2 atom stereocenters. The van der Waals surface area contributed by atoms with Gasteiger partial charge in [-0.1, -0.05) is 6.42 Å². The third-order valence-electron chi connectivity index (χ3n) is 4.29. The van der Waals surface area contributed by atoms with E-state index in [0.717, 1.165) is 18.4 Å². The Kier molecular flexibility index (Phi) is 3.63. The van der Waals surface area contributed by atoms with Gasteiger partial charge in [-0.2, -0.15) is 11.8 Å². The highest BCUT2D eigenvalue weighted by Crippen LogP contribution is 2.37. The summed E-state index contributed by atoms with van der Waals surface area (Å²) in [4.78, 5) is 4.34. The molecule has 1 aliphatic rings. The quantitative estimate of drug-likeness (QED) is 0.913. The topological polar surface area (TPSA) is 43.8 Å². The van der Waals surface area contributed by atoms with E-state index in [1.54, 1.807) is 6.92 Å². The Morgan fingerprint density at radius 3 is 2.95 bits per heavy atom. The summed E-state index contributed by atoms with van der Waals surface area (Å²) in [5.74, 6) is 0.296. The molecule has 20 heavy (non-hydrogen) atoms. The number of anilines is 1. The summed E-state index contributed by atoms with van der Waals surface area (Å²) in [6, 6.07) is 3.75. The summed E-state index contributed by atoms with van der Waals surface area (Å²) in [5.41, 5.74) is 8.37. The normalized spacial score (nSPS) is 23.4. The first-order valence-electron chi connectivity index (χ1n) is 7.06. The Balaban J connectivity index is 2.06. The maximum atomic E-state index is 13.7. The van der Waals surface area contributed by atoms with Crippen molar-refractivity contribution >= 4 is 28.7 Å². The van der Waals surface area contributed by atoms with E-state index >= 15 is 0 Å². The lowest BCUT2D eigenvalue weighted by atomic mass is 9.94. The van der Waals surface area contributed by atoms with Crippen LogP contribution >= 0.6 is 11.8 Å². The molecule has 3 nitrogen and oxygen atoms in total. The summed E-state index contributed by atoms with van der Waals surface area (Å²) in [7, 11) is 0. The largest absolute Gasteiger partial charge is 0.369 e. The number of aryl methyl sites for hydroxylation is 1. The van der Waals surface area contributed by atoms with Crippen molar-refractivity contribution in [1.82, 2.24) is 9.55 Å². The number of nitrogen functional groups attached to an aromatic ring is 1. The van der Waals surface area contributed by atoms with Gasteiger partial charge in [0.05, 0.1) is 11.0 Å². The van der Waals surface area contributed by atoms with Crippen LogP contribution in [0.5, 0.6) is 0 Å². The van der Waals surface area contributed by atoms with E-state index in [2.05, 4.69) is 15.8 Å². The van der Waals surface area contributed by atoms with E-state index in [9.17, 15) is 4.39 Å². The number of nitrogens with zero attached hydrogens (tertiary/aromatic N) is 2. The molecule has 0 amide bonds. The highest BCUT2D eigenvalue weighted by atomic mass is 32.2. The van der Waals surface area contributed by atoms with Crippen LogP contribution in [0.2, 0.25) is 0 Å². The average molecular weight is 293 g/mol. The van der Waals surface area contributed by atoms with Gasteiger partial charge in [0.25, 0.3) is 0 Å². The lowest BCUT2D eigenvalue weighted by molar-refractivity contribution is 0.371. The Morgan fingerprint density at radius 2 is 2.20 bits per heavy atom. The van der Waals surface area contributed by atoms with E-state index in [-0.39, 0.29) is 5.82 Å². The number of thioether (sulfide) groups is 1. The number of imidazole rings is 1. The van der Waals surface area contributed by atoms with Crippen molar-refractivity contribution in [3.63, 3.8) is 0 Å². The van der Waals surface area contributed by atoms with Gasteiger partial charge >= 0.3 is 0 Å². The zero-order valence-electron chi connectivity index (χ0n) is 11.9. The SMILES string of the molecule is CSC1CCCC(n2c(N)nc3cc(F)c(C)cc32)C1. The number of rotatable bonds is 2. The molecular formula is C15H20FN3S. The Labute approximate surface area is 122 Å². The van der Waals surface area contributed by atoms with E-state index in [4.69, 9.17) is 5.73 Å². The molecule has 1 saturated carbocycles. The van der Waals surface area contributed by atoms with Gasteiger partial charge < -0.3 is 10.3 Å². The summed E-state index contributed by atoms with van der Waals surface area (Å²) >= 11 is 1.93. The monoisotopic (exact) mass is 293 g/mol. The predicted octanol–water partition coefficient (Wildman–Crippen LogP) is 3.91. The van der Waals surface area contributed by atoms with E-state index < -0.39 is 0 Å². The zero-order chi connectivity index (χ0) is 14.3. The highest BCUT2D eigenvalue weighted by molar-refractivity contribution is 7.99. The van der Waals surface area contributed by atoms with Crippen molar-refractivity contribution in [2.24, 2.45) is 0 Å². The second-order valence-electron chi connectivity index (χ2n) is 5.61. The van der Waals surface area contributed by atoms with Gasteiger partial charge in [0.15, 0.2) is 0 Å². The van der Waals surface area contributed by atoms with Crippen LogP contribution in [0.3, 0.4) is 0 Å². The van der Waals surface area contributed by atoms with Crippen LogP contribution < -0.4 is 5.73 Å². The van der Waals surface area contributed by atoms with Gasteiger partial charge in [-0.3, -0.25) is 0 Å². The van der Waals surface area contributed by atoms with Crippen LogP contribution in [0, 0.1) is 12.7 Å². The van der Waals surface area contributed by atoms with Gasteiger partial charge in [-0.05, 0) is 44.1 Å². The average Bonchev–Trinajstić information content (AvgIpc) is 2.74. The maximum absolute atomic E-state index is 13.7. The third kappa shape index (κ3) is 2.28. The molecule has 0 bridgehead atoms. The minimum Gasteiger partial charge on any atom is -0.369 e. The molecule has 0 radical (unpaired) electrons. The molecule has 108 valence electrons. The van der Waals surface area contributed by atoms with Crippen molar-refractivity contribution in [3.05, 3.63) is 23.5 Å². The lowest BCUT2D eigenvalue weighted by Crippen LogP contribution is -2.21. The second-order valence-corrected chi connectivity index (χ2v) is 6.75. The third-order valence-corrected chi connectivity index (χ3v) is 5.39. The number of benzene rings is 1. The molecule has 3 rings (SSSR count). The number of halogens is 1. The van der Waals surface area contributed by atoms with Crippen molar-refractivity contribution < 1.29 is 4.39 Å². The summed E-state index contributed by atoms with van der Waals surface area (Å²) < 4.78 is 15.8. The molecule has 0 aliphatic heterocycles. The highest BCUT2D eigenvalue weighted by Gasteiger charge is 2.25. The number of fused-ring (bicyclic) bond motifs is 1. The first-order valence-corrected chi connectivity index (χ1v) is 8.35.